The summed E-state index contributed by atoms with van der Waals surface area (Å²) in [6.45, 7) is 0.498. The molecular weight excluding hydrogens is 265 g/mol. The molecule has 1 aliphatic rings. The summed E-state index contributed by atoms with van der Waals surface area (Å²) in [4.78, 5) is 4.72. The van der Waals surface area contributed by atoms with Gasteiger partial charge >= 0.3 is 0 Å². The van der Waals surface area contributed by atoms with Crippen LogP contribution in [0, 0.1) is 5.82 Å². The van der Waals surface area contributed by atoms with Gasteiger partial charge in [-0.25, -0.2) is 9.37 Å². The average Bonchev–Trinajstić information content (AvgIpc) is 3.25. The molecule has 1 fully saturated rings. The second-order valence-corrected chi connectivity index (χ2v) is 5.64. The van der Waals surface area contributed by atoms with Crippen molar-refractivity contribution in [1.82, 2.24) is 9.55 Å². The van der Waals surface area contributed by atoms with Crippen molar-refractivity contribution in [3.63, 3.8) is 0 Å². The van der Waals surface area contributed by atoms with Gasteiger partial charge in [0.05, 0.1) is 17.7 Å². The van der Waals surface area contributed by atoms with Gasteiger partial charge in [-0.3, -0.25) is 0 Å². The van der Waals surface area contributed by atoms with E-state index in [9.17, 15) is 4.39 Å². The summed E-state index contributed by atoms with van der Waals surface area (Å²) in [7, 11) is 0. The maximum atomic E-state index is 14.0. The van der Waals surface area contributed by atoms with Crippen LogP contribution in [-0.4, -0.2) is 9.55 Å². The van der Waals surface area contributed by atoms with E-state index in [-0.39, 0.29) is 5.82 Å². The van der Waals surface area contributed by atoms with Gasteiger partial charge in [-0.05, 0) is 31.0 Å². The predicted molar refractivity (Wildman–Crippen MR) is 81.6 cm³/mol. The fraction of sp³-hybridized carbons (Fsp3) is 0.235. The van der Waals surface area contributed by atoms with Gasteiger partial charge in [0.2, 0.25) is 0 Å². The fourth-order valence-corrected chi connectivity index (χ4v) is 2.80. The van der Waals surface area contributed by atoms with Crippen molar-refractivity contribution in [2.45, 2.75) is 25.3 Å². The first-order valence-electron chi connectivity index (χ1n) is 7.22. The molecule has 1 saturated carbocycles. The molecule has 2 N–H and O–H groups in total. The van der Waals surface area contributed by atoms with Crippen LogP contribution in [0.1, 0.15) is 30.1 Å². The van der Waals surface area contributed by atoms with Crippen LogP contribution in [0.3, 0.4) is 0 Å². The maximum absolute atomic E-state index is 14.0. The van der Waals surface area contributed by atoms with Crippen molar-refractivity contribution in [2.75, 3.05) is 5.73 Å². The fourth-order valence-electron chi connectivity index (χ4n) is 2.80. The molecule has 0 radical (unpaired) electrons. The Morgan fingerprint density at radius 3 is 2.71 bits per heavy atom. The SMILES string of the molecule is Nc1cccc2c1nc(C1CC1)n2Cc1ccccc1F. The Bertz CT molecular complexity index is 818. The molecular formula is C17H16FN3. The molecule has 0 spiro atoms. The first kappa shape index (κ1) is 12.4. The molecule has 106 valence electrons. The van der Waals surface area contributed by atoms with E-state index in [0.717, 1.165) is 29.7 Å². The molecule has 0 aliphatic heterocycles. The van der Waals surface area contributed by atoms with Gasteiger partial charge in [0, 0.05) is 11.5 Å². The third-order valence-corrected chi connectivity index (χ3v) is 4.07. The number of imidazole rings is 1. The zero-order valence-electron chi connectivity index (χ0n) is 11.6. The molecule has 0 atom stereocenters. The third-order valence-electron chi connectivity index (χ3n) is 4.07. The molecule has 1 heterocycles. The predicted octanol–water partition coefficient (Wildman–Crippen LogP) is 3.68. The van der Waals surface area contributed by atoms with E-state index in [1.165, 1.54) is 6.07 Å². The highest BCUT2D eigenvalue weighted by molar-refractivity contribution is 5.87. The van der Waals surface area contributed by atoms with Crippen LogP contribution in [0.2, 0.25) is 0 Å². The monoisotopic (exact) mass is 281 g/mol. The van der Waals surface area contributed by atoms with Crippen molar-refractivity contribution in [2.24, 2.45) is 0 Å². The molecule has 0 saturated heterocycles. The second-order valence-electron chi connectivity index (χ2n) is 5.64. The first-order valence-corrected chi connectivity index (χ1v) is 7.22. The van der Waals surface area contributed by atoms with Gasteiger partial charge in [-0.2, -0.15) is 0 Å². The highest BCUT2D eigenvalue weighted by atomic mass is 19.1. The molecule has 21 heavy (non-hydrogen) atoms. The van der Waals surface area contributed by atoms with Crippen LogP contribution in [0.5, 0.6) is 0 Å². The number of nitrogens with zero attached hydrogens (tertiary/aromatic N) is 2. The van der Waals surface area contributed by atoms with Crippen LogP contribution in [0.25, 0.3) is 11.0 Å². The molecule has 4 heteroatoms. The van der Waals surface area contributed by atoms with Crippen molar-refractivity contribution in [1.29, 1.82) is 0 Å². The van der Waals surface area contributed by atoms with Crippen LogP contribution < -0.4 is 5.73 Å². The summed E-state index contributed by atoms with van der Waals surface area (Å²) in [5, 5.41) is 0. The van der Waals surface area contributed by atoms with E-state index < -0.39 is 0 Å². The summed E-state index contributed by atoms with van der Waals surface area (Å²) in [6.07, 6.45) is 2.31. The average molecular weight is 281 g/mol. The van der Waals surface area contributed by atoms with E-state index in [2.05, 4.69) is 4.57 Å². The number of halogens is 1. The van der Waals surface area contributed by atoms with Gasteiger partial charge in [-0.15, -0.1) is 0 Å². The van der Waals surface area contributed by atoms with Gasteiger partial charge in [0.15, 0.2) is 0 Å². The number of nitrogen functional groups attached to an aromatic ring is 1. The summed E-state index contributed by atoms with van der Waals surface area (Å²) in [6, 6.07) is 12.7. The minimum Gasteiger partial charge on any atom is -0.397 e. The van der Waals surface area contributed by atoms with Crippen LogP contribution in [0.4, 0.5) is 10.1 Å². The van der Waals surface area contributed by atoms with E-state index in [4.69, 9.17) is 10.7 Å². The smallest absolute Gasteiger partial charge is 0.128 e. The summed E-state index contributed by atoms with van der Waals surface area (Å²) in [5.74, 6) is 1.35. The lowest BCUT2D eigenvalue weighted by atomic mass is 10.2. The quantitative estimate of drug-likeness (QED) is 0.744. The minimum atomic E-state index is -0.176. The highest BCUT2D eigenvalue weighted by Gasteiger charge is 2.30. The molecule has 0 unspecified atom stereocenters. The topological polar surface area (TPSA) is 43.8 Å². The Balaban J connectivity index is 1.88. The molecule has 1 aromatic heterocycles. The number of hydrogen-bond donors (Lipinski definition) is 1. The lowest BCUT2D eigenvalue weighted by Crippen LogP contribution is -2.05. The summed E-state index contributed by atoms with van der Waals surface area (Å²) < 4.78 is 16.1. The Morgan fingerprint density at radius 2 is 1.95 bits per heavy atom. The zero-order chi connectivity index (χ0) is 14.4. The van der Waals surface area contributed by atoms with Crippen LogP contribution >= 0.6 is 0 Å². The van der Waals surface area contributed by atoms with E-state index in [1.807, 2.05) is 30.3 Å². The van der Waals surface area contributed by atoms with Gasteiger partial charge in [0.25, 0.3) is 0 Å². The van der Waals surface area contributed by atoms with E-state index in [1.54, 1.807) is 6.07 Å². The molecule has 4 rings (SSSR count). The van der Waals surface area contributed by atoms with Crippen molar-refractivity contribution < 1.29 is 4.39 Å². The summed E-state index contributed by atoms with van der Waals surface area (Å²) >= 11 is 0. The Morgan fingerprint density at radius 1 is 1.14 bits per heavy atom. The molecule has 2 aromatic carbocycles. The Hall–Kier alpha value is -2.36. The minimum absolute atomic E-state index is 0.176. The Labute approximate surface area is 122 Å². The van der Waals surface area contributed by atoms with Crippen LogP contribution in [0.15, 0.2) is 42.5 Å². The lowest BCUT2D eigenvalue weighted by molar-refractivity contribution is 0.597. The van der Waals surface area contributed by atoms with Crippen molar-refractivity contribution >= 4 is 16.7 Å². The molecule has 3 nitrogen and oxygen atoms in total. The van der Waals surface area contributed by atoms with E-state index in [0.29, 0.717) is 23.7 Å². The normalized spacial score (nSPS) is 14.7. The lowest BCUT2D eigenvalue weighted by Gasteiger charge is -2.09. The molecule has 3 aromatic rings. The highest BCUT2D eigenvalue weighted by Crippen LogP contribution is 2.41. The van der Waals surface area contributed by atoms with E-state index >= 15 is 0 Å². The largest absolute Gasteiger partial charge is 0.397 e. The number of benzene rings is 2. The number of hydrogen-bond acceptors (Lipinski definition) is 2. The number of fused-ring (bicyclic) bond motifs is 1. The molecule has 1 aliphatic carbocycles. The third kappa shape index (κ3) is 2.07. The first-order chi connectivity index (χ1) is 10.2. The van der Waals surface area contributed by atoms with Gasteiger partial charge in [0.1, 0.15) is 17.2 Å². The molecule has 0 amide bonds. The van der Waals surface area contributed by atoms with Gasteiger partial charge in [-0.1, -0.05) is 24.3 Å². The maximum Gasteiger partial charge on any atom is 0.128 e. The standard InChI is InChI=1S/C17H16FN3/c18-13-5-2-1-4-12(13)10-21-15-7-3-6-14(19)16(15)20-17(21)11-8-9-11/h1-7,11H,8-10,19H2. The number of nitrogens with two attached hydrogens (primary N) is 1. The number of anilines is 1. The molecule has 0 bridgehead atoms. The number of aromatic nitrogens is 2. The second kappa shape index (κ2) is 4.58. The van der Waals surface area contributed by atoms with Gasteiger partial charge < -0.3 is 10.3 Å². The number of rotatable bonds is 3. The van der Waals surface area contributed by atoms with Crippen LogP contribution in [-0.2, 0) is 6.54 Å². The zero-order valence-corrected chi connectivity index (χ0v) is 11.6. The van der Waals surface area contributed by atoms with Crippen molar-refractivity contribution in [3.05, 3.63) is 59.7 Å². The number of para-hydroxylation sites is 1. The van der Waals surface area contributed by atoms with Crippen molar-refractivity contribution in [3.8, 4) is 0 Å². The Kier molecular flexibility index (Phi) is 2.70. The summed E-state index contributed by atoms with van der Waals surface area (Å²) in [5.41, 5.74) is 9.21.